The molecule has 0 aromatic carbocycles. The molecular formula is C10H14N2O2S2. The number of thioether (sulfide) groups is 1. The van der Waals surface area contributed by atoms with E-state index < -0.39 is 10.7 Å². The molecule has 1 aromatic heterocycles. The van der Waals surface area contributed by atoms with Crippen LogP contribution in [-0.2, 0) is 4.79 Å². The molecule has 0 amide bonds. The van der Waals surface area contributed by atoms with Crippen molar-refractivity contribution in [1.29, 1.82) is 0 Å². The molecule has 1 aliphatic rings. The molecule has 0 spiro atoms. The maximum Gasteiger partial charge on any atom is 0.320 e. The SMILES string of the molecule is Nc1ncc(SC2(C(=O)O)CCCCC2)s1. The van der Waals surface area contributed by atoms with Crippen molar-refractivity contribution in [2.45, 2.75) is 41.1 Å². The van der Waals surface area contributed by atoms with Crippen molar-refractivity contribution >= 4 is 34.2 Å². The molecule has 3 N–H and O–H groups in total. The van der Waals surface area contributed by atoms with Gasteiger partial charge in [0.15, 0.2) is 5.13 Å². The average Bonchev–Trinajstić information content (AvgIpc) is 2.65. The van der Waals surface area contributed by atoms with Crippen LogP contribution in [0.4, 0.5) is 5.13 Å². The molecule has 1 heterocycles. The fraction of sp³-hybridized carbons (Fsp3) is 0.600. The van der Waals surface area contributed by atoms with Crippen LogP contribution in [0.1, 0.15) is 32.1 Å². The van der Waals surface area contributed by atoms with Crippen LogP contribution in [0.25, 0.3) is 0 Å². The summed E-state index contributed by atoms with van der Waals surface area (Å²) in [6, 6.07) is 0. The lowest BCUT2D eigenvalue weighted by molar-refractivity contribution is -0.140. The van der Waals surface area contributed by atoms with E-state index in [0.717, 1.165) is 36.3 Å². The number of thiazole rings is 1. The van der Waals surface area contributed by atoms with Crippen LogP contribution >= 0.6 is 23.1 Å². The lowest BCUT2D eigenvalue weighted by atomic mass is 9.88. The van der Waals surface area contributed by atoms with Gasteiger partial charge in [-0.25, -0.2) is 4.98 Å². The standard InChI is InChI=1S/C10H14N2O2S2/c11-9-12-6-7(15-9)16-10(8(13)14)4-2-1-3-5-10/h6H,1-5H2,(H2,11,12)(H,13,14). The van der Waals surface area contributed by atoms with Crippen LogP contribution in [0.3, 0.4) is 0 Å². The topological polar surface area (TPSA) is 76.2 Å². The number of nitrogen functional groups attached to an aromatic ring is 1. The highest BCUT2D eigenvalue weighted by Crippen LogP contribution is 2.45. The van der Waals surface area contributed by atoms with Gasteiger partial charge in [-0.1, -0.05) is 42.4 Å². The molecular weight excluding hydrogens is 244 g/mol. The van der Waals surface area contributed by atoms with Gasteiger partial charge in [0, 0.05) is 0 Å². The minimum atomic E-state index is -0.704. The van der Waals surface area contributed by atoms with Gasteiger partial charge in [-0.15, -0.1) is 0 Å². The quantitative estimate of drug-likeness (QED) is 0.871. The van der Waals surface area contributed by atoms with Crippen LogP contribution in [0.5, 0.6) is 0 Å². The molecule has 6 heteroatoms. The minimum absolute atomic E-state index is 0.499. The van der Waals surface area contributed by atoms with Gasteiger partial charge in [-0.05, 0) is 12.8 Å². The first-order valence-corrected chi connectivity index (χ1v) is 6.89. The summed E-state index contributed by atoms with van der Waals surface area (Å²) in [5.41, 5.74) is 5.55. The zero-order valence-electron chi connectivity index (χ0n) is 8.81. The van der Waals surface area contributed by atoms with Crippen LogP contribution < -0.4 is 5.73 Å². The number of carboxylic acid groups (broad SMARTS) is 1. The van der Waals surface area contributed by atoms with Crippen molar-refractivity contribution in [3.8, 4) is 0 Å². The Kier molecular flexibility index (Phi) is 3.39. The normalized spacial score (nSPS) is 19.5. The number of nitrogens with zero attached hydrogens (tertiary/aromatic N) is 1. The van der Waals surface area contributed by atoms with Crippen molar-refractivity contribution < 1.29 is 9.90 Å². The summed E-state index contributed by atoms with van der Waals surface area (Å²) in [5.74, 6) is -0.704. The average molecular weight is 258 g/mol. The number of hydrogen-bond acceptors (Lipinski definition) is 5. The predicted octanol–water partition coefficient (Wildman–Crippen LogP) is 2.60. The predicted molar refractivity (Wildman–Crippen MR) is 65.8 cm³/mol. The van der Waals surface area contributed by atoms with E-state index in [1.807, 2.05) is 0 Å². The lowest BCUT2D eigenvalue weighted by Gasteiger charge is -2.31. The summed E-state index contributed by atoms with van der Waals surface area (Å²) in [5, 5.41) is 9.89. The molecule has 0 aliphatic heterocycles. The number of nitrogens with two attached hydrogens (primary N) is 1. The maximum atomic E-state index is 11.4. The molecule has 2 rings (SSSR count). The van der Waals surface area contributed by atoms with Crippen LogP contribution in [-0.4, -0.2) is 20.8 Å². The van der Waals surface area contributed by atoms with Gasteiger partial charge >= 0.3 is 5.97 Å². The third-order valence-electron chi connectivity index (χ3n) is 2.85. The Balaban J connectivity index is 2.16. The van der Waals surface area contributed by atoms with E-state index >= 15 is 0 Å². The molecule has 0 bridgehead atoms. The fourth-order valence-corrected chi connectivity index (χ4v) is 4.38. The first kappa shape index (κ1) is 11.7. The zero-order chi connectivity index (χ0) is 11.6. The Morgan fingerprint density at radius 1 is 1.50 bits per heavy atom. The second-order valence-electron chi connectivity index (χ2n) is 3.98. The first-order chi connectivity index (χ1) is 7.62. The van der Waals surface area contributed by atoms with Gasteiger partial charge in [-0.3, -0.25) is 4.79 Å². The third-order valence-corrected chi connectivity index (χ3v) is 5.25. The fourth-order valence-electron chi connectivity index (χ4n) is 1.99. The summed E-state index contributed by atoms with van der Waals surface area (Å²) >= 11 is 2.78. The van der Waals surface area contributed by atoms with E-state index in [9.17, 15) is 9.90 Å². The van der Waals surface area contributed by atoms with E-state index in [2.05, 4.69) is 4.98 Å². The highest BCUT2D eigenvalue weighted by molar-refractivity contribution is 8.03. The Bertz CT molecular complexity index is 386. The van der Waals surface area contributed by atoms with E-state index in [-0.39, 0.29) is 0 Å². The highest BCUT2D eigenvalue weighted by atomic mass is 32.2. The van der Waals surface area contributed by atoms with E-state index in [4.69, 9.17) is 5.73 Å². The number of carboxylic acids is 1. The molecule has 1 saturated carbocycles. The number of aliphatic carboxylic acids is 1. The second kappa shape index (κ2) is 4.63. The number of anilines is 1. The molecule has 0 unspecified atom stereocenters. The van der Waals surface area contributed by atoms with Crippen LogP contribution in [0.15, 0.2) is 10.4 Å². The smallest absolute Gasteiger partial charge is 0.320 e. The zero-order valence-corrected chi connectivity index (χ0v) is 10.4. The van der Waals surface area contributed by atoms with E-state index in [1.54, 1.807) is 6.20 Å². The Morgan fingerprint density at radius 3 is 2.69 bits per heavy atom. The van der Waals surface area contributed by atoms with Gasteiger partial charge in [0.25, 0.3) is 0 Å². The summed E-state index contributed by atoms with van der Waals surface area (Å²) < 4.78 is 0.249. The monoisotopic (exact) mass is 258 g/mol. The van der Waals surface area contributed by atoms with Gasteiger partial charge in [0.1, 0.15) is 4.75 Å². The molecule has 0 radical (unpaired) electrons. The van der Waals surface area contributed by atoms with Crippen molar-refractivity contribution in [3.05, 3.63) is 6.20 Å². The van der Waals surface area contributed by atoms with Crippen molar-refractivity contribution in [1.82, 2.24) is 4.98 Å². The van der Waals surface area contributed by atoms with Crippen molar-refractivity contribution in [2.24, 2.45) is 0 Å². The Morgan fingerprint density at radius 2 is 2.19 bits per heavy atom. The maximum absolute atomic E-state index is 11.4. The highest BCUT2D eigenvalue weighted by Gasteiger charge is 2.41. The Hall–Kier alpha value is -0.750. The number of hydrogen-bond donors (Lipinski definition) is 2. The molecule has 0 saturated heterocycles. The van der Waals surface area contributed by atoms with E-state index in [1.165, 1.54) is 23.1 Å². The van der Waals surface area contributed by atoms with Crippen molar-refractivity contribution in [2.75, 3.05) is 5.73 Å². The first-order valence-electron chi connectivity index (χ1n) is 5.26. The van der Waals surface area contributed by atoms with Crippen LogP contribution in [0, 0.1) is 0 Å². The van der Waals surface area contributed by atoms with Gasteiger partial charge in [0.05, 0.1) is 10.4 Å². The Labute approximate surface area is 102 Å². The summed E-state index contributed by atoms with van der Waals surface area (Å²) in [6.07, 6.45) is 6.28. The van der Waals surface area contributed by atoms with Gasteiger partial charge in [-0.2, -0.15) is 0 Å². The van der Waals surface area contributed by atoms with Crippen molar-refractivity contribution in [3.63, 3.8) is 0 Å². The van der Waals surface area contributed by atoms with Crippen LogP contribution in [0.2, 0.25) is 0 Å². The molecule has 88 valence electrons. The van der Waals surface area contributed by atoms with Gasteiger partial charge in [0.2, 0.25) is 0 Å². The second-order valence-corrected chi connectivity index (χ2v) is 6.73. The minimum Gasteiger partial charge on any atom is -0.480 e. The summed E-state index contributed by atoms with van der Waals surface area (Å²) in [4.78, 5) is 15.4. The molecule has 4 nitrogen and oxygen atoms in total. The lowest BCUT2D eigenvalue weighted by Crippen LogP contribution is -2.36. The summed E-state index contributed by atoms with van der Waals surface area (Å²) in [7, 11) is 0. The van der Waals surface area contributed by atoms with E-state index in [0.29, 0.717) is 5.13 Å². The number of rotatable bonds is 3. The van der Waals surface area contributed by atoms with Gasteiger partial charge < -0.3 is 10.8 Å². The number of carbonyl (C=O) groups is 1. The molecule has 16 heavy (non-hydrogen) atoms. The molecule has 0 atom stereocenters. The molecule has 1 fully saturated rings. The third kappa shape index (κ3) is 2.32. The largest absolute Gasteiger partial charge is 0.480 e. The molecule has 1 aromatic rings. The summed E-state index contributed by atoms with van der Waals surface area (Å²) in [6.45, 7) is 0. The molecule has 1 aliphatic carbocycles. The number of aromatic nitrogens is 1.